The number of fused-ring (bicyclic) bond motifs is 1. The first kappa shape index (κ1) is 17.3. The molecule has 3 rings (SSSR count). The van der Waals surface area contributed by atoms with Crippen molar-refractivity contribution in [3.05, 3.63) is 59.7 Å². The zero-order valence-corrected chi connectivity index (χ0v) is 15.4. The van der Waals surface area contributed by atoms with Crippen molar-refractivity contribution >= 4 is 11.6 Å². The lowest BCUT2D eigenvalue weighted by atomic mass is 9.92. The second-order valence-electron chi connectivity index (χ2n) is 6.88. The molecule has 1 N–H and O–H groups in total. The van der Waals surface area contributed by atoms with Crippen LogP contribution in [0.25, 0.3) is 0 Å². The predicted octanol–water partition coefficient (Wildman–Crippen LogP) is 4.62. The minimum atomic E-state index is -0.608. The van der Waals surface area contributed by atoms with Crippen molar-refractivity contribution in [1.82, 2.24) is 4.90 Å². The predicted molar refractivity (Wildman–Crippen MR) is 101 cm³/mol. The summed E-state index contributed by atoms with van der Waals surface area (Å²) in [5.41, 5.74) is 2.02. The molecular formula is C21H26N2O2. The molecule has 1 heterocycles. The summed E-state index contributed by atoms with van der Waals surface area (Å²) in [6, 6.07) is 15.8. The van der Waals surface area contributed by atoms with Gasteiger partial charge in [0.1, 0.15) is 11.4 Å². The molecular weight excluding hydrogens is 312 g/mol. The first-order valence-corrected chi connectivity index (χ1v) is 8.91. The van der Waals surface area contributed by atoms with Crippen LogP contribution in [0.2, 0.25) is 0 Å². The summed E-state index contributed by atoms with van der Waals surface area (Å²) in [6.07, 6.45) is 0.980. The van der Waals surface area contributed by atoms with E-state index in [-0.39, 0.29) is 11.9 Å². The van der Waals surface area contributed by atoms with Gasteiger partial charge in [0.05, 0.1) is 12.2 Å². The number of anilines is 1. The van der Waals surface area contributed by atoms with Gasteiger partial charge in [0.15, 0.2) is 0 Å². The Labute approximate surface area is 149 Å². The Bertz CT molecular complexity index is 755. The van der Waals surface area contributed by atoms with Crippen LogP contribution in [0, 0.1) is 0 Å². The molecule has 1 atom stereocenters. The summed E-state index contributed by atoms with van der Waals surface area (Å²) in [5, 5.41) is 3.58. The van der Waals surface area contributed by atoms with Gasteiger partial charge in [-0.25, -0.2) is 0 Å². The SMILES string of the molecule is CCCOc1ccc(C2(C)Nc3ccccc3C(=O)N2C(C)C)cc1. The van der Waals surface area contributed by atoms with Crippen LogP contribution in [0.15, 0.2) is 48.5 Å². The van der Waals surface area contributed by atoms with E-state index < -0.39 is 5.66 Å². The first-order chi connectivity index (χ1) is 12.0. The zero-order valence-electron chi connectivity index (χ0n) is 15.4. The van der Waals surface area contributed by atoms with Crippen LogP contribution in [0.1, 0.15) is 50.0 Å². The molecule has 1 aliphatic rings. The number of carbonyl (C=O) groups excluding carboxylic acids is 1. The van der Waals surface area contributed by atoms with Crippen LogP contribution in [0.4, 0.5) is 5.69 Å². The molecule has 132 valence electrons. The highest BCUT2D eigenvalue weighted by molar-refractivity contribution is 6.02. The minimum absolute atomic E-state index is 0.0539. The van der Waals surface area contributed by atoms with Crippen LogP contribution in [0.3, 0.4) is 0 Å². The van der Waals surface area contributed by atoms with Crippen LogP contribution < -0.4 is 10.1 Å². The topological polar surface area (TPSA) is 41.6 Å². The lowest BCUT2D eigenvalue weighted by molar-refractivity contribution is 0.0433. The van der Waals surface area contributed by atoms with E-state index in [0.717, 1.165) is 29.0 Å². The summed E-state index contributed by atoms with van der Waals surface area (Å²) >= 11 is 0. The number of rotatable bonds is 5. The highest BCUT2D eigenvalue weighted by Gasteiger charge is 2.43. The molecule has 4 heteroatoms. The van der Waals surface area contributed by atoms with E-state index in [9.17, 15) is 4.79 Å². The Morgan fingerprint density at radius 2 is 1.80 bits per heavy atom. The van der Waals surface area contributed by atoms with Gasteiger partial charge in [-0.1, -0.05) is 31.2 Å². The number of amides is 1. The maximum atomic E-state index is 13.1. The third kappa shape index (κ3) is 3.09. The fraction of sp³-hybridized carbons (Fsp3) is 0.381. The molecule has 1 amide bonds. The van der Waals surface area contributed by atoms with Crippen LogP contribution in [-0.4, -0.2) is 23.5 Å². The van der Waals surface area contributed by atoms with Crippen molar-refractivity contribution in [2.45, 2.75) is 45.8 Å². The first-order valence-electron chi connectivity index (χ1n) is 8.91. The monoisotopic (exact) mass is 338 g/mol. The van der Waals surface area contributed by atoms with E-state index in [2.05, 4.69) is 19.2 Å². The van der Waals surface area contributed by atoms with Crippen molar-refractivity contribution in [2.24, 2.45) is 0 Å². The Kier molecular flexibility index (Phi) is 4.71. The highest BCUT2D eigenvalue weighted by Crippen LogP contribution is 2.39. The van der Waals surface area contributed by atoms with Crippen LogP contribution in [-0.2, 0) is 5.66 Å². The molecule has 2 aromatic carbocycles. The van der Waals surface area contributed by atoms with E-state index >= 15 is 0 Å². The van der Waals surface area contributed by atoms with E-state index in [1.165, 1.54) is 0 Å². The molecule has 4 nitrogen and oxygen atoms in total. The van der Waals surface area contributed by atoms with Gasteiger partial charge in [-0.3, -0.25) is 4.79 Å². The van der Waals surface area contributed by atoms with Crippen molar-refractivity contribution in [3.8, 4) is 5.75 Å². The van der Waals surface area contributed by atoms with E-state index in [4.69, 9.17) is 4.74 Å². The van der Waals surface area contributed by atoms with Crippen molar-refractivity contribution in [3.63, 3.8) is 0 Å². The number of carbonyl (C=O) groups is 1. The Balaban J connectivity index is 2.01. The molecule has 0 spiro atoms. The number of benzene rings is 2. The summed E-state index contributed by atoms with van der Waals surface area (Å²) in [6.45, 7) is 8.95. The standard InChI is InChI=1S/C21H26N2O2/c1-5-14-25-17-12-10-16(11-13-17)21(4)22-19-9-7-6-8-18(19)20(24)23(21)15(2)3/h6-13,15,22H,5,14H2,1-4H3. The van der Waals surface area contributed by atoms with Crippen LogP contribution in [0.5, 0.6) is 5.75 Å². The fourth-order valence-electron chi connectivity index (χ4n) is 3.49. The Hall–Kier alpha value is -2.49. The maximum absolute atomic E-state index is 13.1. The molecule has 0 bridgehead atoms. The number of hydrogen-bond acceptors (Lipinski definition) is 3. The summed E-state index contributed by atoms with van der Waals surface area (Å²) in [7, 11) is 0. The molecule has 0 fully saturated rings. The lowest BCUT2D eigenvalue weighted by Gasteiger charge is -2.48. The number of nitrogens with zero attached hydrogens (tertiary/aromatic N) is 1. The van der Waals surface area contributed by atoms with Gasteiger partial charge in [-0.05, 0) is 57.0 Å². The molecule has 0 saturated heterocycles. The second-order valence-corrected chi connectivity index (χ2v) is 6.88. The molecule has 0 radical (unpaired) electrons. The smallest absolute Gasteiger partial charge is 0.258 e. The van der Waals surface area contributed by atoms with E-state index in [1.807, 2.05) is 67.3 Å². The number of ether oxygens (including phenoxy) is 1. The molecule has 2 aromatic rings. The molecule has 25 heavy (non-hydrogen) atoms. The number of hydrogen-bond donors (Lipinski definition) is 1. The summed E-state index contributed by atoms with van der Waals surface area (Å²) in [4.78, 5) is 15.0. The Morgan fingerprint density at radius 1 is 1.12 bits per heavy atom. The largest absolute Gasteiger partial charge is 0.494 e. The van der Waals surface area contributed by atoms with Gasteiger partial charge < -0.3 is 15.0 Å². The third-order valence-electron chi connectivity index (χ3n) is 4.64. The van der Waals surface area contributed by atoms with Gasteiger partial charge >= 0.3 is 0 Å². The van der Waals surface area contributed by atoms with Crippen molar-refractivity contribution < 1.29 is 9.53 Å². The number of nitrogens with one attached hydrogen (secondary N) is 1. The fourth-order valence-corrected chi connectivity index (χ4v) is 3.49. The maximum Gasteiger partial charge on any atom is 0.258 e. The number of para-hydroxylation sites is 1. The average Bonchev–Trinajstić information content (AvgIpc) is 2.60. The van der Waals surface area contributed by atoms with E-state index in [0.29, 0.717) is 6.61 Å². The third-order valence-corrected chi connectivity index (χ3v) is 4.64. The molecule has 1 unspecified atom stereocenters. The normalized spacial score (nSPS) is 19.6. The van der Waals surface area contributed by atoms with Crippen LogP contribution >= 0.6 is 0 Å². The van der Waals surface area contributed by atoms with E-state index in [1.54, 1.807) is 0 Å². The molecule has 1 aliphatic heterocycles. The van der Waals surface area contributed by atoms with Gasteiger partial charge in [-0.2, -0.15) is 0 Å². The van der Waals surface area contributed by atoms with Gasteiger partial charge in [0, 0.05) is 11.7 Å². The second kappa shape index (κ2) is 6.79. The quantitative estimate of drug-likeness (QED) is 0.864. The van der Waals surface area contributed by atoms with Crippen molar-refractivity contribution in [2.75, 3.05) is 11.9 Å². The summed E-state index contributed by atoms with van der Waals surface area (Å²) < 4.78 is 5.68. The summed E-state index contributed by atoms with van der Waals surface area (Å²) in [5.74, 6) is 0.908. The Morgan fingerprint density at radius 3 is 2.44 bits per heavy atom. The van der Waals surface area contributed by atoms with Gasteiger partial charge in [-0.15, -0.1) is 0 Å². The highest BCUT2D eigenvalue weighted by atomic mass is 16.5. The zero-order chi connectivity index (χ0) is 18.0. The molecule has 0 aromatic heterocycles. The lowest BCUT2D eigenvalue weighted by Crippen LogP contribution is -2.58. The molecule has 0 saturated carbocycles. The minimum Gasteiger partial charge on any atom is -0.494 e. The van der Waals surface area contributed by atoms with Gasteiger partial charge in [0.2, 0.25) is 0 Å². The average molecular weight is 338 g/mol. The van der Waals surface area contributed by atoms with Gasteiger partial charge in [0.25, 0.3) is 5.91 Å². The van der Waals surface area contributed by atoms with Crippen molar-refractivity contribution in [1.29, 1.82) is 0 Å². The molecule has 0 aliphatic carbocycles.